The number of anilines is 1. The van der Waals surface area contributed by atoms with E-state index < -0.39 is 0 Å². The largest absolute Gasteiger partial charge is 0.408 e. The fourth-order valence-electron chi connectivity index (χ4n) is 1.32. The highest BCUT2D eigenvalue weighted by Crippen LogP contribution is 2.11. The summed E-state index contributed by atoms with van der Waals surface area (Å²) in [5.41, 5.74) is 0.546. The lowest BCUT2D eigenvalue weighted by Crippen LogP contribution is -2.01. The van der Waals surface area contributed by atoms with Crippen molar-refractivity contribution >= 4 is 17.6 Å². The predicted molar refractivity (Wildman–Crippen MR) is 62.4 cm³/mol. The molecule has 0 aliphatic carbocycles. The second-order valence-corrected chi connectivity index (χ2v) is 3.76. The first kappa shape index (κ1) is 11.9. The van der Waals surface area contributed by atoms with Crippen LogP contribution in [0.4, 0.5) is 10.4 Å². The van der Waals surface area contributed by atoms with Crippen molar-refractivity contribution in [3.05, 3.63) is 41.5 Å². The van der Waals surface area contributed by atoms with Gasteiger partial charge in [0, 0.05) is 24.4 Å². The van der Waals surface area contributed by atoms with Crippen molar-refractivity contribution in [1.82, 2.24) is 10.2 Å². The molecule has 0 fully saturated rings. The van der Waals surface area contributed by atoms with Gasteiger partial charge >= 0.3 is 6.01 Å². The van der Waals surface area contributed by atoms with Crippen molar-refractivity contribution < 1.29 is 8.81 Å². The van der Waals surface area contributed by atoms with Crippen LogP contribution in [0.3, 0.4) is 0 Å². The van der Waals surface area contributed by atoms with Crippen LogP contribution < -0.4 is 5.32 Å². The Morgan fingerprint density at radius 3 is 2.88 bits per heavy atom. The Kier molecular flexibility index (Phi) is 3.93. The monoisotopic (exact) mass is 255 g/mol. The van der Waals surface area contributed by atoms with E-state index in [4.69, 9.17) is 16.0 Å². The van der Waals surface area contributed by atoms with Crippen molar-refractivity contribution in [2.45, 2.75) is 13.0 Å². The Hall–Kier alpha value is -1.62. The summed E-state index contributed by atoms with van der Waals surface area (Å²) in [5.74, 6) is 0.631. The molecule has 0 spiro atoms. The molecule has 0 saturated heterocycles. The molecule has 17 heavy (non-hydrogen) atoms. The number of benzene rings is 1. The summed E-state index contributed by atoms with van der Waals surface area (Å²) in [4.78, 5) is 0. The van der Waals surface area contributed by atoms with Crippen LogP contribution in [0, 0.1) is 5.82 Å². The maximum Gasteiger partial charge on any atom is 0.315 e. The summed E-state index contributed by atoms with van der Waals surface area (Å²) in [5, 5.41) is 10.4. The van der Waals surface area contributed by atoms with Gasteiger partial charge < -0.3 is 9.73 Å². The SMILES string of the molecule is Fc1ccccc1CNc1nnc(CCCl)o1. The van der Waals surface area contributed by atoms with Gasteiger partial charge in [-0.15, -0.1) is 16.7 Å². The smallest absolute Gasteiger partial charge is 0.315 e. The van der Waals surface area contributed by atoms with E-state index in [1.165, 1.54) is 6.07 Å². The van der Waals surface area contributed by atoms with E-state index in [-0.39, 0.29) is 11.8 Å². The van der Waals surface area contributed by atoms with E-state index in [0.29, 0.717) is 30.3 Å². The number of hydrogen-bond donors (Lipinski definition) is 1. The Balaban J connectivity index is 1.95. The van der Waals surface area contributed by atoms with Crippen molar-refractivity contribution in [1.29, 1.82) is 0 Å². The summed E-state index contributed by atoms with van der Waals surface area (Å²) in [7, 11) is 0. The lowest BCUT2D eigenvalue weighted by atomic mass is 10.2. The first-order valence-electron chi connectivity index (χ1n) is 5.15. The Bertz CT molecular complexity index is 489. The van der Waals surface area contributed by atoms with E-state index in [0.717, 1.165) is 0 Å². The average Bonchev–Trinajstić information content (AvgIpc) is 2.76. The highest BCUT2D eigenvalue weighted by Gasteiger charge is 2.06. The minimum atomic E-state index is -0.263. The first-order chi connectivity index (χ1) is 8.29. The summed E-state index contributed by atoms with van der Waals surface area (Å²) >= 11 is 5.54. The number of aromatic nitrogens is 2. The maximum absolute atomic E-state index is 13.3. The van der Waals surface area contributed by atoms with Gasteiger partial charge in [0.15, 0.2) is 0 Å². The van der Waals surface area contributed by atoms with Crippen LogP contribution in [0.25, 0.3) is 0 Å². The fourth-order valence-corrected chi connectivity index (χ4v) is 1.48. The van der Waals surface area contributed by atoms with E-state index in [9.17, 15) is 4.39 Å². The normalized spacial score (nSPS) is 10.5. The van der Waals surface area contributed by atoms with Crippen molar-refractivity contribution in [2.75, 3.05) is 11.2 Å². The van der Waals surface area contributed by atoms with Crippen LogP contribution in [0.5, 0.6) is 0 Å². The fraction of sp³-hybridized carbons (Fsp3) is 0.273. The molecule has 0 bridgehead atoms. The van der Waals surface area contributed by atoms with Gasteiger partial charge in [0.2, 0.25) is 5.89 Å². The molecule has 4 nitrogen and oxygen atoms in total. The molecule has 0 aliphatic heterocycles. The molecule has 0 amide bonds. The van der Waals surface area contributed by atoms with Gasteiger partial charge in [0.25, 0.3) is 0 Å². The Morgan fingerprint density at radius 2 is 2.12 bits per heavy atom. The molecule has 1 aromatic carbocycles. The van der Waals surface area contributed by atoms with Crippen LogP contribution in [-0.4, -0.2) is 16.1 Å². The van der Waals surface area contributed by atoms with Crippen molar-refractivity contribution in [2.24, 2.45) is 0 Å². The standard InChI is InChI=1S/C11H11ClFN3O/c12-6-5-10-15-16-11(17-10)14-7-8-3-1-2-4-9(8)13/h1-4H,5-7H2,(H,14,16). The highest BCUT2D eigenvalue weighted by atomic mass is 35.5. The molecular weight excluding hydrogens is 245 g/mol. The second-order valence-electron chi connectivity index (χ2n) is 3.38. The van der Waals surface area contributed by atoms with Crippen LogP contribution in [0.1, 0.15) is 11.5 Å². The van der Waals surface area contributed by atoms with Gasteiger partial charge in [-0.2, -0.15) is 0 Å². The van der Waals surface area contributed by atoms with Gasteiger partial charge in [-0.05, 0) is 6.07 Å². The van der Waals surface area contributed by atoms with E-state index in [1.807, 2.05) is 0 Å². The third-order valence-electron chi connectivity index (χ3n) is 2.16. The van der Waals surface area contributed by atoms with Gasteiger partial charge in [-0.25, -0.2) is 4.39 Å². The predicted octanol–water partition coefficient (Wildman–Crippen LogP) is 2.60. The number of nitrogens with zero attached hydrogens (tertiary/aromatic N) is 2. The Morgan fingerprint density at radius 1 is 1.29 bits per heavy atom. The summed E-state index contributed by atoms with van der Waals surface area (Å²) < 4.78 is 18.5. The molecule has 0 unspecified atom stereocenters. The van der Waals surface area contributed by atoms with Crippen LogP contribution in [0.2, 0.25) is 0 Å². The van der Waals surface area contributed by atoms with E-state index >= 15 is 0 Å². The van der Waals surface area contributed by atoms with Crippen molar-refractivity contribution in [3.63, 3.8) is 0 Å². The van der Waals surface area contributed by atoms with E-state index in [2.05, 4.69) is 15.5 Å². The number of halogens is 2. The summed E-state index contributed by atoms with van der Waals surface area (Å²) in [6, 6.07) is 6.78. The number of hydrogen-bond acceptors (Lipinski definition) is 4. The Labute approximate surface area is 103 Å². The minimum absolute atomic E-state index is 0.263. The quantitative estimate of drug-likeness (QED) is 0.835. The maximum atomic E-state index is 13.3. The zero-order valence-electron chi connectivity index (χ0n) is 8.99. The third-order valence-corrected chi connectivity index (χ3v) is 2.35. The van der Waals surface area contributed by atoms with Crippen LogP contribution >= 0.6 is 11.6 Å². The number of rotatable bonds is 5. The number of nitrogens with one attached hydrogen (secondary N) is 1. The van der Waals surface area contributed by atoms with Gasteiger partial charge in [0.05, 0.1) is 0 Å². The molecule has 1 aromatic heterocycles. The lowest BCUT2D eigenvalue weighted by molar-refractivity contribution is 0.511. The molecule has 2 rings (SSSR count). The summed E-state index contributed by atoms with van der Waals surface area (Å²) in [6.07, 6.45) is 0.524. The molecule has 1 N–H and O–H groups in total. The molecular formula is C11H11ClFN3O. The van der Waals surface area contributed by atoms with Crippen LogP contribution in [0.15, 0.2) is 28.7 Å². The molecule has 1 heterocycles. The highest BCUT2D eigenvalue weighted by molar-refractivity contribution is 6.17. The lowest BCUT2D eigenvalue weighted by Gasteiger charge is -2.02. The first-order valence-corrected chi connectivity index (χ1v) is 5.68. The molecule has 0 atom stereocenters. The zero-order chi connectivity index (χ0) is 12.1. The zero-order valence-corrected chi connectivity index (χ0v) is 9.75. The number of alkyl halides is 1. The second kappa shape index (κ2) is 5.63. The molecule has 0 saturated carbocycles. The molecule has 90 valence electrons. The van der Waals surface area contributed by atoms with Crippen LogP contribution in [-0.2, 0) is 13.0 Å². The van der Waals surface area contributed by atoms with Gasteiger partial charge in [-0.1, -0.05) is 23.3 Å². The third kappa shape index (κ3) is 3.17. The molecule has 0 aliphatic rings. The molecule has 6 heteroatoms. The summed E-state index contributed by atoms with van der Waals surface area (Å²) in [6.45, 7) is 0.301. The average molecular weight is 256 g/mol. The minimum Gasteiger partial charge on any atom is -0.408 e. The van der Waals surface area contributed by atoms with Gasteiger partial charge in [-0.3, -0.25) is 0 Å². The molecule has 2 aromatic rings. The molecule has 0 radical (unpaired) electrons. The number of aryl methyl sites for hydroxylation is 1. The topological polar surface area (TPSA) is 51.0 Å². The van der Waals surface area contributed by atoms with Crippen molar-refractivity contribution in [3.8, 4) is 0 Å². The van der Waals surface area contributed by atoms with Gasteiger partial charge in [0.1, 0.15) is 5.82 Å². The van der Waals surface area contributed by atoms with E-state index in [1.54, 1.807) is 18.2 Å².